The van der Waals surface area contributed by atoms with Crippen molar-refractivity contribution in [3.05, 3.63) is 45.6 Å². The molecule has 2 atom stereocenters. The zero-order chi connectivity index (χ0) is 23.0. The number of esters is 1. The van der Waals surface area contributed by atoms with Crippen LogP contribution in [0.3, 0.4) is 0 Å². The van der Waals surface area contributed by atoms with Crippen LogP contribution in [0.15, 0.2) is 40.0 Å². The van der Waals surface area contributed by atoms with Crippen molar-refractivity contribution >= 4 is 51.4 Å². The van der Waals surface area contributed by atoms with Gasteiger partial charge in [-0.2, -0.15) is 0 Å². The summed E-state index contributed by atoms with van der Waals surface area (Å²) >= 11 is 4.89. The van der Waals surface area contributed by atoms with Gasteiger partial charge in [-0.3, -0.25) is 19.3 Å². The number of carboxylic acid groups (broad SMARTS) is 1. The fourth-order valence-corrected chi connectivity index (χ4v) is 6.69. The van der Waals surface area contributed by atoms with Gasteiger partial charge in [0, 0.05) is 22.7 Å². The molecule has 0 aromatic heterocycles. The molecule has 8 nitrogen and oxygen atoms in total. The van der Waals surface area contributed by atoms with E-state index in [1.807, 2.05) is 24.3 Å². The Kier molecular flexibility index (Phi) is 8.37. The third-order valence-electron chi connectivity index (χ3n) is 6.26. The van der Waals surface area contributed by atoms with Gasteiger partial charge in [0.1, 0.15) is 18.0 Å². The molecule has 1 aliphatic carbocycles. The van der Waals surface area contributed by atoms with Crippen LogP contribution in [-0.2, 0) is 29.3 Å². The van der Waals surface area contributed by atoms with E-state index < -0.39 is 34.7 Å². The molecule has 170 valence electrons. The van der Waals surface area contributed by atoms with Crippen molar-refractivity contribution in [2.45, 2.75) is 49.4 Å². The smallest absolute Gasteiger partial charge is 0.543 e. The molecule has 1 aromatic carbocycles. The summed E-state index contributed by atoms with van der Waals surface area (Å²) in [5.41, 5.74) is 0.203. The van der Waals surface area contributed by atoms with Crippen LogP contribution in [0.1, 0.15) is 38.2 Å². The van der Waals surface area contributed by atoms with Crippen LogP contribution in [0.4, 0.5) is 0 Å². The van der Waals surface area contributed by atoms with Gasteiger partial charge >= 0.3 is 35.5 Å². The van der Waals surface area contributed by atoms with E-state index in [-0.39, 0.29) is 53.5 Å². The number of carbonyl (C=O) groups excluding carboxylic acids is 4. The average Bonchev–Trinajstić information content (AvgIpc) is 3.26. The monoisotopic (exact) mass is 544 g/mol. The van der Waals surface area contributed by atoms with Crippen LogP contribution in [0.2, 0.25) is 0 Å². The van der Waals surface area contributed by atoms with Crippen LogP contribution in [0, 0.1) is 0 Å². The number of hydrogen-bond donors (Lipinski definition) is 1. The van der Waals surface area contributed by atoms with E-state index in [1.165, 1.54) is 18.7 Å². The summed E-state index contributed by atoms with van der Waals surface area (Å²) in [6.07, 6.45) is 3.19. The van der Waals surface area contributed by atoms with Crippen molar-refractivity contribution in [2.75, 3.05) is 12.4 Å². The predicted octanol–water partition coefficient (Wildman–Crippen LogP) is -1.77. The van der Waals surface area contributed by atoms with E-state index in [2.05, 4.69) is 21.2 Å². The molecule has 1 saturated carbocycles. The Morgan fingerprint density at radius 2 is 1.94 bits per heavy atom. The minimum absolute atomic E-state index is 0. The predicted molar refractivity (Wildman–Crippen MR) is 118 cm³/mol. The van der Waals surface area contributed by atoms with Gasteiger partial charge in [-0.25, -0.2) is 0 Å². The Bertz CT molecular complexity index is 1030. The molecule has 0 spiro atoms. The maximum Gasteiger partial charge on any atom is 1.00 e. The SMILES string of the molecule is CC(=O)OCC1=C(C(=O)[O-])N2C(=O)[C@H](NC(=O)C3(c4ccccc4Br)CCCC3)[C@H]2SC1.[Na+]. The number of halogens is 1. The third-order valence-corrected chi connectivity index (χ3v) is 8.29. The van der Waals surface area contributed by atoms with Crippen LogP contribution in [-0.4, -0.2) is 52.4 Å². The molecule has 2 aliphatic heterocycles. The molecule has 0 radical (unpaired) electrons. The van der Waals surface area contributed by atoms with Crippen molar-refractivity contribution < 1.29 is 58.6 Å². The number of ether oxygens (including phenoxy) is 1. The first-order chi connectivity index (χ1) is 15.3. The number of carbonyl (C=O) groups is 4. The second kappa shape index (κ2) is 10.5. The molecule has 2 heterocycles. The Morgan fingerprint density at radius 1 is 1.27 bits per heavy atom. The van der Waals surface area contributed by atoms with E-state index in [0.717, 1.165) is 27.8 Å². The summed E-state index contributed by atoms with van der Waals surface area (Å²) in [5, 5.41) is 14.1. The molecule has 4 rings (SSSR count). The van der Waals surface area contributed by atoms with Gasteiger partial charge in [-0.15, -0.1) is 11.8 Å². The first-order valence-corrected chi connectivity index (χ1v) is 12.2. The van der Waals surface area contributed by atoms with Crippen molar-refractivity contribution in [3.63, 3.8) is 0 Å². The summed E-state index contributed by atoms with van der Waals surface area (Å²) < 4.78 is 5.77. The van der Waals surface area contributed by atoms with E-state index in [9.17, 15) is 24.3 Å². The number of rotatable bonds is 6. The zero-order valence-electron chi connectivity index (χ0n) is 18.4. The van der Waals surface area contributed by atoms with Crippen LogP contribution in [0.25, 0.3) is 0 Å². The maximum absolute atomic E-state index is 13.5. The van der Waals surface area contributed by atoms with Crippen LogP contribution >= 0.6 is 27.7 Å². The molecule has 0 bridgehead atoms. The Labute approximate surface area is 226 Å². The van der Waals surface area contributed by atoms with Gasteiger partial charge in [-0.1, -0.05) is 47.0 Å². The van der Waals surface area contributed by atoms with Gasteiger partial charge in [0.15, 0.2) is 0 Å². The number of fused-ring (bicyclic) bond motifs is 1. The maximum atomic E-state index is 13.5. The zero-order valence-corrected chi connectivity index (χ0v) is 22.8. The van der Waals surface area contributed by atoms with Crippen molar-refractivity contribution in [2.24, 2.45) is 0 Å². The standard InChI is InChI=1S/C22H23BrN2O6S.Na/c1-12(26)31-10-13-11-32-19-16(18(27)25(19)17(13)20(28)29)24-21(30)22(8-4-5-9-22)14-6-2-3-7-15(14)23;/h2-3,6-7,16,19H,4-5,8-11H2,1H3,(H,24,30)(H,28,29);/q;+1/p-1/t16-,19+;/m0./s1. The normalized spacial score (nSPS) is 23.2. The molecule has 33 heavy (non-hydrogen) atoms. The van der Waals surface area contributed by atoms with Crippen LogP contribution < -0.4 is 40.0 Å². The van der Waals surface area contributed by atoms with Gasteiger partial charge in [0.25, 0.3) is 5.91 Å². The molecule has 11 heteroatoms. The molecule has 3 aliphatic rings. The minimum atomic E-state index is -1.50. The van der Waals surface area contributed by atoms with E-state index in [1.54, 1.807) is 0 Å². The quantitative estimate of drug-likeness (QED) is 0.256. The number of nitrogens with zero attached hydrogens (tertiary/aromatic N) is 1. The molecule has 1 N–H and O–H groups in total. The average molecular weight is 545 g/mol. The van der Waals surface area contributed by atoms with Gasteiger partial charge < -0.3 is 20.0 Å². The number of aliphatic carboxylic acids is 1. The largest absolute Gasteiger partial charge is 1.00 e. The Balaban J connectivity index is 0.00000306. The molecule has 2 fully saturated rings. The second-order valence-electron chi connectivity index (χ2n) is 8.15. The molecule has 0 unspecified atom stereocenters. The summed E-state index contributed by atoms with van der Waals surface area (Å²) in [7, 11) is 0. The summed E-state index contributed by atoms with van der Waals surface area (Å²) in [6, 6.07) is 6.79. The van der Waals surface area contributed by atoms with Crippen molar-refractivity contribution in [1.82, 2.24) is 10.2 Å². The van der Waals surface area contributed by atoms with E-state index in [4.69, 9.17) is 4.74 Å². The number of nitrogens with one attached hydrogen (secondary N) is 1. The molecule has 1 saturated heterocycles. The Hall–Kier alpha value is -1.33. The molecule has 2 amide bonds. The minimum Gasteiger partial charge on any atom is -0.543 e. The van der Waals surface area contributed by atoms with Gasteiger partial charge in [-0.05, 0) is 24.5 Å². The topological polar surface area (TPSA) is 116 Å². The summed E-state index contributed by atoms with van der Waals surface area (Å²) in [4.78, 5) is 50.4. The summed E-state index contributed by atoms with van der Waals surface area (Å²) in [5.74, 6) is -2.51. The third kappa shape index (κ3) is 4.77. The first kappa shape index (κ1) is 26.3. The Morgan fingerprint density at radius 3 is 2.55 bits per heavy atom. The van der Waals surface area contributed by atoms with Gasteiger partial charge in [0.2, 0.25) is 5.91 Å². The van der Waals surface area contributed by atoms with E-state index in [0.29, 0.717) is 18.4 Å². The fraction of sp³-hybridized carbons (Fsp3) is 0.455. The second-order valence-corrected chi connectivity index (χ2v) is 10.1. The van der Waals surface area contributed by atoms with Crippen molar-refractivity contribution in [1.29, 1.82) is 0 Å². The van der Waals surface area contributed by atoms with Crippen molar-refractivity contribution in [3.8, 4) is 0 Å². The number of amides is 2. The van der Waals surface area contributed by atoms with Crippen LogP contribution in [0.5, 0.6) is 0 Å². The van der Waals surface area contributed by atoms with E-state index >= 15 is 0 Å². The fourth-order valence-electron chi connectivity index (χ4n) is 4.70. The first-order valence-electron chi connectivity index (χ1n) is 10.3. The summed E-state index contributed by atoms with van der Waals surface area (Å²) in [6.45, 7) is 1.01. The molecular formula is C22H22BrN2NaO6S. The number of thioether (sulfide) groups is 1. The number of carboxylic acids is 1. The number of β-lactam (4-membered cyclic amide) rings is 1. The molecular weight excluding hydrogens is 523 g/mol. The number of hydrogen-bond acceptors (Lipinski definition) is 7. The molecule has 1 aromatic rings. The van der Waals surface area contributed by atoms with Gasteiger partial charge in [0.05, 0.1) is 17.1 Å². The number of benzene rings is 1.